The van der Waals surface area contributed by atoms with Crippen LogP contribution in [0.1, 0.15) is 26.7 Å². The Labute approximate surface area is 120 Å². The number of halogens is 1. The van der Waals surface area contributed by atoms with Crippen LogP contribution in [-0.2, 0) is 0 Å². The van der Waals surface area contributed by atoms with E-state index in [-0.39, 0.29) is 0 Å². The van der Waals surface area contributed by atoms with Gasteiger partial charge in [-0.15, -0.1) is 11.8 Å². The average Bonchev–Trinajstić information content (AvgIpc) is 2.37. The molecule has 0 aliphatic carbocycles. The zero-order chi connectivity index (χ0) is 13.4. The van der Waals surface area contributed by atoms with Crippen LogP contribution in [0.4, 0.5) is 0 Å². The lowest BCUT2D eigenvalue weighted by Crippen LogP contribution is -2.31. The van der Waals surface area contributed by atoms with Crippen molar-refractivity contribution in [1.29, 1.82) is 0 Å². The standard InChI is InChI=1S/C15H22ClNS/c1-4-12(3)10-13(17-5-2)11-18-15-9-7-6-8-14(15)16/h6-9,13,17H,3-5,10-11H2,1-2H3. The van der Waals surface area contributed by atoms with Gasteiger partial charge in [0, 0.05) is 16.7 Å². The summed E-state index contributed by atoms with van der Waals surface area (Å²) in [5.74, 6) is 1.02. The van der Waals surface area contributed by atoms with Crippen molar-refractivity contribution in [3.05, 3.63) is 41.4 Å². The van der Waals surface area contributed by atoms with Crippen molar-refractivity contribution in [3.8, 4) is 0 Å². The number of rotatable bonds is 8. The van der Waals surface area contributed by atoms with E-state index in [1.54, 1.807) is 0 Å². The molecule has 0 bridgehead atoms. The number of benzene rings is 1. The largest absolute Gasteiger partial charge is 0.313 e. The summed E-state index contributed by atoms with van der Waals surface area (Å²) >= 11 is 7.97. The maximum Gasteiger partial charge on any atom is 0.0541 e. The van der Waals surface area contributed by atoms with Crippen molar-refractivity contribution >= 4 is 23.4 Å². The van der Waals surface area contributed by atoms with Crippen molar-refractivity contribution in [1.82, 2.24) is 5.32 Å². The topological polar surface area (TPSA) is 12.0 Å². The van der Waals surface area contributed by atoms with Crippen molar-refractivity contribution in [3.63, 3.8) is 0 Å². The molecule has 0 amide bonds. The fourth-order valence-corrected chi connectivity index (χ4v) is 3.02. The van der Waals surface area contributed by atoms with Gasteiger partial charge in [-0.05, 0) is 31.5 Å². The van der Waals surface area contributed by atoms with Crippen LogP contribution in [0.25, 0.3) is 0 Å². The second-order valence-corrected chi connectivity index (χ2v) is 5.77. The van der Waals surface area contributed by atoms with E-state index < -0.39 is 0 Å². The Hall–Kier alpha value is -0.440. The van der Waals surface area contributed by atoms with Crippen LogP contribution in [0, 0.1) is 0 Å². The SMILES string of the molecule is C=C(CC)CC(CSc1ccccc1Cl)NCC. The first kappa shape index (κ1) is 15.6. The van der Waals surface area contributed by atoms with Gasteiger partial charge in [0.05, 0.1) is 5.02 Å². The van der Waals surface area contributed by atoms with Gasteiger partial charge in [0.2, 0.25) is 0 Å². The molecule has 0 radical (unpaired) electrons. The molecular weight excluding hydrogens is 262 g/mol. The fourth-order valence-electron chi connectivity index (χ4n) is 1.72. The lowest BCUT2D eigenvalue weighted by Gasteiger charge is -2.18. The molecule has 1 unspecified atom stereocenters. The number of hydrogen-bond donors (Lipinski definition) is 1. The molecule has 18 heavy (non-hydrogen) atoms. The third-order valence-electron chi connectivity index (χ3n) is 2.80. The Morgan fingerprint density at radius 3 is 2.72 bits per heavy atom. The minimum absolute atomic E-state index is 0.476. The van der Waals surface area contributed by atoms with Crippen LogP contribution in [0.2, 0.25) is 5.02 Å². The summed E-state index contributed by atoms with van der Waals surface area (Å²) in [6.07, 6.45) is 2.10. The van der Waals surface area contributed by atoms with Gasteiger partial charge in [0.1, 0.15) is 0 Å². The summed E-state index contributed by atoms with van der Waals surface area (Å²) in [5, 5.41) is 4.35. The maximum absolute atomic E-state index is 6.16. The van der Waals surface area contributed by atoms with Gasteiger partial charge in [-0.3, -0.25) is 0 Å². The molecule has 1 aromatic rings. The van der Waals surface area contributed by atoms with Gasteiger partial charge >= 0.3 is 0 Å². The highest BCUT2D eigenvalue weighted by Crippen LogP contribution is 2.27. The molecule has 0 saturated heterocycles. The molecule has 1 aromatic carbocycles. The third-order valence-corrected chi connectivity index (χ3v) is 4.48. The summed E-state index contributed by atoms with van der Waals surface area (Å²) in [7, 11) is 0. The first-order chi connectivity index (χ1) is 8.67. The van der Waals surface area contributed by atoms with E-state index in [2.05, 4.69) is 31.8 Å². The summed E-state index contributed by atoms with van der Waals surface area (Å²) < 4.78 is 0. The Bertz CT molecular complexity index is 379. The highest BCUT2D eigenvalue weighted by atomic mass is 35.5. The van der Waals surface area contributed by atoms with E-state index in [1.807, 2.05) is 30.0 Å². The smallest absolute Gasteiger partial charge is 0.0541 e. The fraction of sp³-hybridized carbons (Fsp3) is 0.467. The van der Waals surface area contributed by atoms with Crippen LogP contribution in [0.3, 0.4) is 0 Å². The summed E-state index contributed by atoms with van der Waals surface area (Å²) in [6.45, 7) is 9.38. The lowest BCUT2D eigenvalue weighted by molar-refractivity contribution is 0.565. The number of nitrogens with one attached hydrogen (secondary N) is 1. The molecule has 0 saturated carbocycles. The van der Waals surface area contributed by atoms with Crippen LogP contribution >= 0.6 is 23.4 Å². The average molecular weight is 284 g/mol. The number of hydrogen-bond acceptors (Lipinski definition) is 2. The van der Waals surface area contributed by atoms with Gasteiger partial charge in [0.15, 0.2) is 0 Å². The van der Waals surface area contributed by atoms with E-state index in [1.165, 1.54) is 5.57 Å². The Balaban J connectivity index is 2.51. The van der Waals surface area contributed by atoms with Crippen LogP contribution < -0.4 is 5.32 Å². The zero-order valence-electron chi connectivity index (χ0n) is 11.2. The van der Waals surface area contributed by atoms with Crippen molar-refractivity contribution in [2.24, 2.45) is 0 Å². The highest BCUT2D eigenvalue weighted by Gasteiger charge is 2.10. The minimum Gasteiger partial charge on any atom is -0.313 e. The first-order valence-corrected chi connectivity index (χ1v) is 7.81. The Kier molecular flexibility index (Phi) is 7.48. The van der Waals surface area contributed by atoms with E-state index >= 15 is 0 Å². The van der Waals surface area contributed by atoms with Gasteiger partial charge in [0.25, 0.3) is 0 Å². The Morgan fingerprint density at radius 1 is 1.39 bits per heavy atom. The van der Waals surface area contributed by atoms with E-state index in [9.17, 15) is 0 Å². The summed E-state index contributed by atoms with van der Waals surface area (Å²) in [5.41, 5.74) is 1.31. The molecule has 100 valence electrons. The van der Waals surface area contributed by atoms with Crippen LogP contribution in [-0.4, -0.2) is 18.3 Å². The van der Waals surface area contributed by atoms with Gasteiger partial charge < -0.3 is 5.32 Å². The summed E-state index contributed by atoms with van der Waals surface area (Å²) in [6, 6.07) is 8.49. The maximum atomic E-state index is 6.16. The minimum atomic E-state index is 0.476. The van der Waals surface area contributed by atoms with E-state index in [0.29, 0.717) is 6.04 Å². The molecule has 0 spiro atoms. The zero-order valence-corrected chi connectivity index (χ0v) is 12.8. The second kappa shape index (κ2) is 8.63. The van der Waals surface area contributed by atoms with Crippen molar-refractivity contribution < 1.29 is 0 Å². The molecule has 0 fully saturated rings. The molecule has 0 heterocycles. The highest BCUT2D eigenvalue weighted by molar-refractivity contribution is 7.99. The van der Waals surface area contributed by atoms with Gasteiger partial charge in [-0.25, -0.2) is 0 Å². The van der Waals surface area contributed by atoms with Gasteiger partial charge in [-0.2, -0.15) is 0 Å². The Morgan fingerprint density at radius 2 is 2.11 bits per heavy atom. The predicted molar refractivity (Wildman–Crippen MR) is 83.7 cm³/mol. The normalized spacial score (nSPS) is 12.4. The molecule has 1 rings (SSSR count). The van der Waals surface area contributed by atoms with Crippen LogP contribution in [0.5, 0.6) is 0 Å². The molecule has 3 heteroatoms. The molecule has 0 aliphatic rings. The first-order valence-electron chi connectivity index (χ1n) is 6.44. The van der Waals surface area contributed by atoms with Gasteiger partial charge in [-0.1, -0.05) is 49.7 Å². The monoisotopic (exact) mass is 283 g/mol. The quantitative estimate of drug-likeness (QED) is 0.545. The van der Waals surface area contributed by atoms with E-state index in [0.717, 1.165) is 35.1 Å². The van der Waals surface area contributed by atoms with Crippen LogP contribution in [0.15, 0.2) is 41.3 Å². The predicted octanol–water partition coefficient (Wildman–Crippen LogP) is 4.77. The number of thioether (sulfide) groups is 1. The molecule has 0 aromatic heterocycles. The molecule has 1 N–H and O–H groups in total. The lowest BCUT2D eigenvalue weighted by atomic mass is 10.1. The van der Waals surface area contributed by atoms with Crippen molar-refractivity contribution in [2.45, 2.75) is 37.6 Å². The molecular formula is C15H22ClNS. The van der Waals surface area contributed by atoms with Crippen molar-refractivity contribution in [2.75, 3.05) is 12.3 Å². The second-order valence-electron chi connectivity index (χ2n) is 4.30. The molecule has 1 atom stereocenters. The third kappa shape index (κ3) is 5.47. The van der Waals surface area contributed by atoms with E-state index in [4.69, 9.17) is 11.6 Å². The summed E-state index contributed by atoms with van der Waals surface area (Å²) in [4.78, 5) is 1.16. The molecule has 1 nitrogen and oxygen atoms in total. The molecule has 0 aliphatic heterocycles.